The molecule has 2 rings (SSSR count). The monoisotopic (exact) mass is 306 g/mol. The predicted molar refractivity (Wildman–Crippen MR) is 70.8 cm³/mol. The van der Waals surface area contributed by atoms with Gasteiger partial charge in [-0.1, -0.05) is 18.2 Å². The zero-order valence-corrected chi connectivity index (χ0v) is 10.9. The molecule has 0 radical (unpaired) electrons. The van der Waals surface area contributed by atoms with Crippen LogP contribution in [0.1, 0.15) is 31.8 Å². The number of hydrogen-bond donors (Lipinski definition) is 4. The van der Waals surface area contributed by atoms with Crippen LogP contribution in [0.15, 0.2) is 18.2 Å². The number of carboxylic acids is 4. The molecule has 1 aliphatic rings. The first-order valence-electron chi connectivity index (χ1n) is 5.99. The van der Waals surface area contributed by atoms with E-state index in [4.69, 9.17) is 15.3 Å². The average molecular weight is 306 g/mol. The lowest BCUT2D eigenvalue weighted by Gasteiger charge is -2.26. The van der Waals surface area contributed by atoms with Crippen molar-refractivity contribution in [1.29, 1.82) is 0 Å². The third kappa shape index (κ3) is 2.10. The van der Waals surface area contributed by atoms with Crippen molar-refractivity contribution in [3.8, 4) is 0 Å². The molecule has 114 valence electrons. The summed E-state index contributed by atoms with van der Waals surface area (Å²) in [5, 5.41) is 36.5. The van der Waals surface area contributed by atoms with E-state index in [2.05, 4.69) is 0 Å². The van der Waals surface area contributed by atoms with Gasteiger partial charge in [0.15, 0.2) is 5.41 Å². The van der Waals surface area contributed by atoms with Gasteiger partial charge < -0.3 is 20.4 Å². The molecule has 0 aliphatic heterocycles. The molecule has 0 atom stereocenters. The van der Waals surface area contributed by atoms with Crippen molar-refractivity contribution in [1.82, 2.24) is 0 Å². The van der Waals surface area contributed by atoms with Crippen molar-refractivity contribution in [3.63, 3.8) is 0 Å². The summed E-state index contributed by atoms with van der Waals surface area (Å²) in [4.78, 5) is 44.9. The summed E-state index contributed by atoms with van der Waals surface area (Å²) in [6, 6.07) is 2.26. The molecule has 0 saturated heterocycles. The van der Waals surface area contributed by atoms with Gasteiger partial charge in [0.25, 0.3) is 0 Å². The van der Waals surface area contributed by atoms with Crippen molar-refractivity contribution < 1.29 is 39.6 Å². The number of fused-ring (bicyclic) bond motifs is 1. The molecule has 4 N–H and O–H groups in total. The topological polar surface area (TPSA) is 149 Å². The van der Waals surface area contributed by atoms with Gasteiger partial charge in [0, 0.05) is 6.42 Å². The molecule has 0 heterocycles. The van der Waals surface area contributed by atoms with E-state index in [0.29, 0.717) is 0 Å². The van der Waals surface area contributed by atoms with Gasteiger partial charge in [-0.05, 0) is 17.2 Å². The number of aliphatic carboxylic acids is 2. The number of carbonyl (C=O) groups is 4. The third-order valence-corrected chi connectivity index (χ3v) is 3.55. The summed E-state index contributed by atoms with van der Waals surface area (Å²) in [6.07, 6.45) is 1.44. The normalized spacial score (nSPS) is 14.9. The lowest BCUT2D eigenvalue weighted by Crippen LogP contribution is -2.41. The molecule has 8 nitrogen and oxygen atoms in total. The highest BCUT2D eigenvalue weighted by molar-refractivity contribution is 6.07. The number of carboxylic acid groups (broad SMARTS) is 4. The third-order valence-electron chi connectivity index (χ3n) is 3.55. The van der Waals surface area contributed by atoms with Gasteiger partial charge in [0.05, 0.1) is 11.1 Å². The van der Waals surface area contributed by atoms with Gasteiger partial charge in [0.1, 0.15) is 0 Å². The fraction of sp³-hybridized carbons (Fsp3) is 0.143. The van der Waals surface area contributed by atoms with Crippen molar-refractivity contribution in [2.75, 3.05) is 0 Å². The minimum absolute atomic E-state index is 0.00512. The number of benzene rings is 1. The summed E-state index contributed by atoms with van der Waals surface area (Å²) in [5.41, 5.74) is -2.99. The molecule has 0 amide bonds. The van der Waals surface area contributed by atoms with Crippen LogP contribution >= 0.6 is 0 Å². The Hall–Kier alpha value is -3.16. The second-order valence-electron chi connectivity index (χ2n) is 4.76. The van der Waals surface area contributed by atoms with Crippen LogP contribution in [0, 0.1) is 5.41 Å². The van der Waals surface area contributed by atoms with Crippen LogP contribution in [0.25, 0.3) is 6.08 Å². The van der Waals surface area contributed by atoms with E-state index in [1.807, 2.05) is 0 Å². The second-order valence-corrected chi connectivity index (χ2v) is 4.76. The Labute approximate surface area is 122 Å². The molecule has 22 heavy (non-hydrogen) atoms. The fourth-order valence-corrected chi connectivity index (χ4v) is 2.39. The maximum absolute atomic E-state index is 11.3. The highest BCUT2D eigenvalue weighted by Crippen LogP contribution is 2.36. The molecule has 0 spiro atoms. The minimum Gasteiger partial charge on any atom is -0.480 e. The molecule has 1 aromatic carbocycles. The minimum atomic E-state index is -2.20. The van der Waals surface area contributed by atoms with Crippen LogP contribution < -0.4 is 0 Å². The first-order valence-corrected chi connectivity index (χ1v) is 5.99. The summed E-state index contributed by atoms with van der Waals surface area (Å²) in [5.74, 6) is -6.10. The first kappa shape index (κ1) is 15.2. The van der Waals surface area contributed by atoms with Crippen LogP contribution in [0.4, 0.5) is 0 Å². The van der Waals surface area contributed by atoms with Crippen molar-refractivity contribution in [2.45, 2.75) is 6.42 Å². The summed E-state index contributed by atoms with van der Waals surface area (Å²) < 4.78 is 0. The molecule has 8 heteroatoms. The van der Waals surface area contributed by atoms with Gasteiger partial charge in [-0.2, -0.15) is 0 Å². The molecule has 0 fully saturated rings. The maximum Gasteiger partial charge on any atom is 0.337 e. The van der Waals surface area contributed by atoms with Gasteiger partial charge in [0.2, 0.25) is 0 Å². The van der Waals surface area contributed by atoms with E-state index in [-0.39, 0.29) is 11.1 Å². The molecular formula is C14H10O8. The second kappa shape index (κ2) is 4.99. The molecule has 0 saturated carbocycles. The number of rotatable bonds is 4. The van der Waals surface area contributed by atoms with Gasteiger partial charge in [-0.15, -0.1) is 0 Å². The van der Waals surface area contributed by atoms with E-state index in [9.17, 15) is 24.3 Å². The van der Waals surface area contributed by atoms with Crippen molar-refractivity contribution in [3.05, 3.63) is 40.5 Å². The quantitative estimate of drug-likeness (QED) is 0.597. The SMILES string of the molecule is O=C(O)c1ccc2c(c1C(=O)O)C=CC(C(=O)O)(C(=O)O)C2. The van der Waals surface area contributed by atoms with Gasteiger partial charge in [-0.25, -0.2) is 9.59 Å². The van der Waals surface area contributed by atoms with Crippen LogP contribution in [-0.2, 0) is 16.0 Å². The maximum atomic E-state index is 11.3. The Morgan fingerprint density at radius 2 is 1.50 bits per heavy atom. The van der Waals surface area contributed by atoms with E-state index in [1.165, 1.54) is 6.07 Å². The molecular weight excluding hydrogens is 296 g/mol. The molecule has 0 unspecified atom stereocenters. The highest BCUT2D eigenvalue weighted by atomic mass is 16.4. The number of hydrogen-bond acceptors (Lipinski definition) is 4. The summed E-state index contributed by atoms with van der Waals surface area (Å²) >= 11 is 0. The lowest BCUT2D eigenvalue weighted by molar-refractivity contribution is -0.160. The molecule has 1 aromatic rings. The largest absolute Gasteiger partial charge is 0.480 e. The van der Waals surface area contributed by atoms with Gasteiger partial charge >= 0.3 is 23.9 Å². The molecule has 1 aliphatic carbocycles. The Morgan fingerprint density at radius 1 is 0.909 bits per heavy atom. The van der Waals surface area contributed by atoms with Gasteiger partial charge in [-0.3, -0.25) is 9.59 Å². The van der Waals surface area contributed by atoms with Crippen LogP contribution in [-0.4, -0.2) is 44.3 Å². The smallest absolute Gasteiger partial charge is 0.337 e. The van der Waals surface area contributed by atoms with Crippen molar-refractivity contribution >= 4 is 30.0 Å². The van der Waals surface area contributed by atoms with Crippen molar-refractivity contribution in [2.24, 2.45) is 5.41 Å². The van der Waals surface area contributed by atoms with E-state index in [1.54, 1.807) is 0 Å². The van der Waals surface area contributed by atoms with E-state index in [0.717, 1.165) is 18.2 Å². The van der Waals surface area contributed by atoms with Crippen LogP contribution in [0.2, 0.25) is 0 Å². The standard InChI is InChI=1S/C14H10O8/c15-10(16)8-2-1-6-5-14(12(19)20,13(21)22)4-3-7(6)9(8)11(17)18/h1-4H,5H2,(H,15,16)(H,17,18)(H,19,20)(H,21,22). The van der Waals surface area contributed by atoms with Crippen LogP contribution in [0.3, 0.4) is 0 Å². The first-order chi connectivity index (χ1) is 10.2. The zero-order valence-electron chi connectivity index (χ0n) is 10.9. The molecule has 0 bridgehead atoms. The lowest BCUT2D eigenvalue weighted by atomic mass is 9.75. The predicted octanol–water partition coefficient (Wildman–Crippen LogP) is 0.808. The van der Waals surface area contributed by atoms with Crippen LogP contribution in [0.5, 0.6) is 0 Å². The summed E-state index contributed by atoms with van der Waals surface area (Å²) in [7, 11) is 0. The van der Waals surface area contributed by atoms with E-state index >= 15 is 0 Å². The van der Waals surface area contributed by atoms with E-state index < -0.39 is 46.8 Å². The Balaban J connectivity index is 2.70. The molecule has 0 aromatic heterocycles. The fourth-order valence-electron chi connectivity index (χ4n) is 2.39. The summed E-state index contributed by atoms with van der Waals surface area (Å²) in [6.45, 7) is 0. The number of aromatic carboxylic acids is 2. The zero-order chi connectivity index (χ0) is 16.7. The Morgan fingerprint density at radius 3 is 1.95 bits per heavy atom. The average Bonchev–Trinajstić information content (AvgIpc) is 2.44. The Bertz CT molecular complexity index is 729. The highest BCUT2D eigenvalue weighted by Gasteiger charge is 2.46. The Kier molecular flexibility index (Phi) is 3.46.